The molecule has 3 rings (SSSR count). The lowest BCUT2D eigenvalue weighted by Crippen LogP contribution is -3.05. The Bertz CT molecular complexity index is 1070. The standard InChI is InChI=1S/C25H28ClFN2O4/c1-15(2)33-20-11-8-17(14-19(20)27)23(30)21-22(16-6-9-18(26)10-7-16)29(25(32)24(21)31)13-5-12-28(3)4/h6-11,14-15,22,30H,5,12-13H2,1-4H3/b23-21+. The highest BCUT2D eigenvalue weighted by atomic mass is 35.5. The molecule has 2 aromatic carbocycles. The highest BCUT2D eigenvalue weighted by Gasteiger charge is 2.44. The summed E-state index contributed by atoms with van der Waals surface area (Å²) in [6.07, 6.45) is 0.416. The van der Waals surface area contributed by atoms with E-state index >= 15 is 0 Å². The molecule has 1 aliphatic rings. The third-order valence-electron chi connectivity index (χ3n) is 5.35. The zero-order valence-corrected chi connectivity index (χ0v) is 19.9. The molecule has 176 valence electrons. The number of rotatable bonds is 8. The van der Waals surface area contributed by atoms with E-state index in [2.05, 4.69) is 0 Å². The van der Waals surface area contributed by atoms with Crippen LogP contribution in [0.4, 0.5) is 4.39 Å². The van der Waals surface area contributed by atoms with Crippen LogP contribution in [0.25, 0.3) is 5.76 Å². The van der Waals surface area contributed by atoms with Gasteiger partial charge in [-0.05, 0) is 49.2 Å². The number of benzene rings is 2. The monoisotopic (exact) mass is 474 g/mol. The highest BCUT2D eigenvalue weighted by Crippen LogP contribution is 2.39. The van der Waals surface area contributed by atoms with Crippen LogP contribution in [0.2, 0.25) is 5.02 Å². The minimum Gasteiger partial charge on any atom is -0.872 e. The van der Waals surface area contributed by atoms with Crippen molar-refractivity contribution in [2.75, 3.05) is 27.2 Å². The summed E-state index contributed by atoms with van der Waals surface area (Å²) in [5.74, 6) is -2.96. The van der Waals surface area contributed by atoms with Crippen LogP contribution >= 0.6 is 11.6 Å². The molecular formula is C25H28ClFN2O4. The second-order valence-electron chi connectivity index (χ2n) is 8.65. The summed E-state index contributed by atoms with van der Waals surface area (Å²) >= 11 is 6.02. The Kier molecular flexibility index (Phi) is 7.76. The first-order valence-electron chi connectivity index (χ1n) is 10.9. The molecule has 1 aliphatic heterocycles. The summed E-state index contributed by atoms with van der Waals surface area (Å²) in [5, 5.41) is 13.9. The molecule has 0 aromatic heterocycles. The molecule has 0 saturated carbocycles. The van der Waals surface area contributed by atoms with Gasteiger partial charge in [-0.15, -0.1) is 0 Å². The number of likely N-dealkylation sites (tertiary alicyclic amines) is 1. The van der Waals surface area contributed by atoms with Crippen molar-refractivity contribution >= 4 is 29.1 Å². The number of hydrogen-bond donors (Lipinski definition) is 1. The fourth-order valence-corrected chi connectivity index (χ4v) is 3.97. The molecule has 0 bridgehead atoms. The number of nitrogens with zero attached hydrogens (tertiary/aromatic N) is 1. The highest BCUT2D eigenvalue weighted by molar-refractivity contribution is 6.46. The number of amides is 1. The lowest BCUT2D eigenvalue weighted by atomic mass is 9.95. The fraction of sp³-hybridized carbons (Fsp3) is 0.360. The predicted molar refractivity (Wildman–Crippen MR) is 122 cm³/mol. The van der Waals surface area contributed by atoms with E-state index < -0.39 is 29.3 Å². The van der Waals surface area contributed by atoms with Gasteiger partial charge >= 0.3 is 0 Å². The molecule has 1 fully saturated rings. The van der Waals surface area contributed by atoms with Crippen molar-refractivity contribution in [3.63, 3.8) is 0 Å². The number of hydrogen-bond acceptors (Lipinski definition) is 4. The van der Waals surface area contributed by atoms with Crippen molar-refractivity contribution in [3.8, 4) is 5.75 Å². The van der Waals surface area contributed by atoms with E-state index in [9.17, 15) is 19.1 Å². The second kappa shape index (κ2) is 10.4. The van der Waals surface area contributed by atoms with Gasteiger partial charge in [0.05, 0.1) is 32.8 Å². The average molecular weight is 475 g/mol. The van der Waals surface area contributed by atoms with Crippen molar-refractivity contribution in [2.24, 2.45) is 0 Å². The van der Waals surface area contributed by atoms with Crippen molar-refractivity contribution in [1.29, 1.82) is 0 Å². The Hall–Kier alpha value is -2.90. The molecule has 8 heteroatoms. The van der Waals surface area contributed by atoms with Gasteiger partial charge in [0, 0.05) is 23.6 Å². The van der Waals surface area contributed by atoms with E-state index in [0.717, 1.165) is 12.6 Å². The number of quaternary nitrogens is 1. The van der Waals surface area contributed by atoms with Crippen LogP contribution in [0.1, 0.15) is 37.4 Å². The number of Topliss-reactive ketones (excluding diaryl/α,β-unsaturated/α-hetero) is 1. The quantitative estimate of drug-likeness (QED) is 0.361. The van der Waals surface area contributed by atoms with E-state index in [1.54, 1.807) is 38.1 Å². The first-order valence-corrected chi connectivity index (χ1v) is 11.3. The average Bonchev–Trinajstić information content (AvgIpc) is 2.99. The summed E-state index contributed by atoms with van der Waals surface area (Å²) in [5.41, 5.74) is 0.397. The van der Waals surface area contributed by atoms with Gasteiger partial charge in [0.1, 0.15) is 0 Å². The Balaban J connectivity index is 2.07. The minimum atomic E-state index is -0.861. The molecule has 6 nitrogen and oxygen atoms in total. The van der Waals surface area contributed by atoms with Crippen LogP contribution in [0.3, 0.4) is 0 Å². The van der Waals surface area contributed by atoms with Gasteiger partial charge in [-0.3, -0.25) is 9.59 Å². The summed E-state index contributed by atoms with van der Waals surface area (Å²) in [7, 11) is 3.99. The first kappa shape index (κ1) is 24.7. The molecule has 2 aromatic rings. The van der Waals surface area contributed by atoms with Gasteiger partial charge in [0.2, 0.25) is 5.78 Å². The minimum absolute atomic E-state index is 0.0155. The predicted octanol–water partition coefficient (Wildman–Crippen LogP) is 2.02. The van der Waals surface area contributed by atoms with Crippen LogP contribution in [-0.4, -0.2) is 49.9 Å². The SMILES string of the molecule is CC(C)Oc1ccc(/C([O-])=C2\C(=O)C(=O)N(CCC[NH+](C)C)C2c2ccc(Cl)cc2)cc1F. The zero-order valence-electron chi connectivity index (χ0n) is 19.2. The zero-order chi connectivity index (χ0) is 24.3. The van der Waals surface area contributed by atoms with Crippen LogP contribution in [0, 0.1) is 5.82 Å². The van der Waals surface area contributed by atoms with E-state index in [-0.39, 0.29) is 23.0 Å². The maximum atomic E-state index is 14.5. The Morgan fingerprint density at radius 1 is 1.18 bits per heavy atom. The molecule has 1 unspecified atom stereocenters. The number of nitrogens with one attached hydrogen (secondary N) is 1. The third-order valence-corrected chi connectivity index (χ3v) is 5.60. The molecule has 1 N–H and O–H groups in total. The fourth-order valence-electron chi connectivity index (χ4n) is 3.84. The second-order valence-corrected chi connectivity index (χ2v) is 9.08. The first-order chi connectivity index (χ1) is 15.6. The summed E-state index contributed by atoms with van der Waals surface area (Å²) in [4.78, 5) is 28.5. The van der Waals surface area contributed by atoms with Gasteiger partial charge < -0.3 is 19.6 Å². The summed E-state index contributed by atoms with van der Waals surface area (Å²) in [6, 6.07) is 9.62. The number of ether oxygens (including phenoxy) is 1. The molecule has 0 radical (unpaired) electrons. The third kappa shape index (κ3) is 5.54. The maximum absolute atomic E-state index is 14.5. The van der Waals surface area contributed by atoms with Crippen molar-refractivity contribution < 1.29 is 28.7 Å². The van der Waals surface area contributed by atoms with Gasteiger partial charge in [0.15, 0.2) is 11.6 Å². The molecule has 0 aliphatic carbocycles. The molecule has 33 heavy (non-hydrogen) atoms. The number of ketones is 1. The van der Waals surface area contributed by atoms with Gasteiger partial charge in [-0.25, -0.2) is 4.39 Å². The lowest BCUT2D eigenvalue weighted by Gasteiger charge is -2.27. The van der Waals surface area contributed by atoms with Crippen LogP contribution < -0.4 is 14.7 Å². The van der Waals surface area contributed by atoms with Crippen LogP contribution in [0.5, 0.6) is 5.75 Å². The largest absolute Gasteiger partial charge is 0.872 e. The van der Waals surface area contributed by atoms with E-state index in [0.29, 0.717) is 23.6 Å². The molecular weight excluding hydrogens is 447 g/mol. The van der Waals surface area contributed by atoms with E-state index in [1.807, 2.05) is 14.1 Å². The summed E-state index contributed by atoms with van der Waals surface area (Å²) in [6.45, 7) is 4.63. The van der Waals surface area contributed by atoms with Gasteiger partial charge in [-0.2, -0.15) is 0 Å². The lowest BCUT2D eigenvalue weighted by molar-refractivity contribution is -0.858. The van der Waals surface area contributed by atoms with Crippen LogP contribution in [0.15, 0.2) is 48.0 Å². The molecule has 1 amide bonds. The topological polar surface area (TPSA) is 74.1 Å². The van der Waals surface area contributed by atoms with Crippen molar-refractivity contribution in [1.82, 2.24) is 4.90 Å². The van der Waals surface area contributed by atoms with Gasteiger partial charge in [-0.1, -0.05) is 35.6 Å². The maximum Gasteiger partial charge on any atom is 0.295 e. The van der Waals surface area contributed by atoms with Gasteiger partial charge in [0.25, 0.3) is 5.91 Å². The Morgan fingerprint density at radius 3 is 2.42 bits per heavy atom. The number of halogens is 2. The smallest absolute Gasteiger partial charge is 0.295 e. The molecule has 1 atom stereocenters. The van der Waals surface area contributed by atoms with E-state index in [4.69, 9.17) is 16.3 Å². The van der Waals surface area contributed by atoms with Crippen molar-refractivity contribution in [2.45, 2.75) is 32.4 Å². The number of carbonyl (C=O) groups excluding carboxylic acids is 2. The number of carbonyl (C=O) groups is 2. The van der Waals surface area contributed by atoms with Crippen LogP contribution in [-0.2, 0) is 9.59 Å². The van der Waals surface area contributed by atoms with Crippen molar-refractivity contribution in [3.05, 3.63) is 70.0 Å². The molecule has 1 saturated heterocycles. The van der Waals surface area contributed by atoms with E-state index in [1.165, 1.54) is 21.9 Å². The Morgan fingerprint density at radius 2 is 1.85 bits per heavy atom. The normalized spacial score (nSPS) is 17.9. The molecule has 1 heterocycles. The molecule has 0 spiro atoms. The summed E-state index contributed by atoms with van der Waals surface area (Å²) < 4.78 is 19.9. The Labute approximate surface area is 198 Å².